The van der Waals surface area contributed by atoms with Gasteiger partial charge in [0.05, 0.1) is 22.1 Å². The second kappa shape index (κ2) is 9.10. The first-order chi connectivity index (χ1) is 15.4. The number of carbonyl (C=O) groups is 1. The molecule has 0 fully saturated rings. The Kier molecular flexibility index (Phi) is 6.80. The maximum Gasteiger partial charge on any atom is 0.407 e. The van der Waals surface area contributed by atoms with Crippen LogP contribution in [-0.2, 0) is 24.4 Å². The van der Waals surface area contributed by atoms with E-state index >= 15 is 0 Å². The molecule has 178 valence electrons. The third-order valence-electron chi connectivity index (χ3n) is 4.73. The predicted octanol–water partition coefficient (Wildman–Crippen LogP) is 3.29. The number of sulfone groups is 2. The number of carbonyl (C=O) groups excluding carboxylic acids is 1. The summed E-state index contributed by atoms with van der Waals surface area (Å²) in [5.41, 5.74) is -1.27. The summed E-state index contributed by atoms with van der Waals surface area (Å²) in [4.78, 5) is 23.1. The number of benzene rings is 2. The molecule has 1 heterocycles. The van der Waals surface area contributed by atoms with Crippen LogP contribution in [0.3, 0.4) is 0 Å². The van der Waals surface area contributed by atoms with Gasteiger partial charge in [-0.25, -0.2) is 21.6 Å². The van der Waals surface area contributed by atoms with Crippen molar-refractivity contribution in [3.63, 3.8) is 0 Å². The summed E-state index contributed by atoms with van der Waals surface area (Å²) in [5, 5.41) is 3.89. The van der Waals surface area contributed by atoms with Gasteiger partial charge in [0.25, 0.3) is 0 Å². The monoisotopic (exact) mass is 496 g/mol. The normalized spacial score (nSPS) is 17.1. The lowest BCUT2D eigenvalue weighted by atomic mass is 10.1. The highest BCUT2D eigenvalue weighted by atomic mass is 32.2. The van der Waals surface area contributed by atoms with Crippen LogP contribution < -0.4 is 10.1 Å². The maximum absolute atomic E-state index is 13.2. The lowest BCUT2D eigenvalue weighted by molar-refractivity contribution is 0.0520. The van der Waals surface area contributed by atoms with E-state index in [2.05, 4.69) is 10.5 Å². The minimum atomic E-state index is -4.13. The SMILES string of the molecule is CC(C)(C)OC(=O)NCCOc1ccc2c(c1N=O)C(S(=O)(=O)c1ccccc1)CS2(=O)=O. The Balaban J connectivity index is 1.88. The summed E-state index contributed by atoms with van der Waals surface area (Å²) in [5.74, 6) is -0.786. The molecular weight excluding hydrogens is 472 g/mol. The number of ether oxygens (including phenoxy) is 2. The molecule has 1 aliphatic rings. The minimum Gasteiger partial charge on any atom is -0.489 e. The number of nitrogens with one attached hydrogen (secondary N) is 1. The molecule has 0 aromatic heterocycles. The van der Waals surface area contributed by atoms with Crippen molar-refractivity contribution in [3.8, 4) is 5.75 Å². The van der Waals surface area contributed by atoms with Crippen LogP contribution in [0.1, 0.15) is 31.6 Å². The molecule has 1 N–H and O–H groups in total. The third kappa shape index (κ3) is 5.33. The van der Waals surface area contributed by atoms with Crippen molar-refractivity contribution in [1.82, 2.24) is 5.32 Å². The molecule has 0 bridgehead atoms. The van der Waals surface area contributed by atoms with Crippen LogP contribution in [0.25, 0.3) is 0 Å². The zero-order valence-corrected chi connectivity index (χ0v) is 19.9. The Bertz CT molecular complexity index is 1270. The fourth-order valence-corrected chi connectivity index (χ4v) is 7.72. The van der Waals surface area contributed by atoms with Gasteiger partial charge < -0.3 is 14.8 Å². The quantitative estimate of drug-likeness (QED) is 0.454. The molecule has 2 aromatic carbocycles. The van der Waals surface area contributed by atoms with Gasteiger partial charge in [-0.1, -0.05) is 18.2 Å². The molecular formula is C21H24N2O8S2. The first-order valence-corrected chi connectivity index (χ1v) is 13.2. The van der Waals surface area contributed by atoms with Crippen molar-refractivity contribution in [1.29, 1.82) is 0 Å². The summed E-state index contributed by atoms with van der Waals surface area (Å²) < 4.78 is 62.3. The Morgan fingerprint density at radius 2 is 1.82 bits per heavy atom. The van der Waals surface area contributed by atoms with Crippen molar-refractivity contribution in [2.45, 2.75) is 41.4 Å². The molecule has 12 heteroatoms. The molecule has 10 nitrogen and oxygen atoms in total. The van der Waals surface area contributed by atoms with Gasteiger partial charge in [-0.15, -0.1) is 4.91 Å². The number of rotatable bonds is 7. The van der Waals surface area contributed by atoms with Crippen molar-refractivity contribution in [3.05, 3.63) is 52.9 Å². The molecule has 0 saturated heterocycles. The molecule has 2 aromatic rings. The number of fused-ring (bicyclic) bond motifs is 1. The second-order valence-electron chi connectivity index (χ2n) is 8.32. The molecule has 1 unspecified atom stereocenters. The van der Waals surface area contributed by atoms with Crippen molar-refractivity contribution in [2.75, 3.05) is 18.9 Å². The molecule has 1 amide bonds. The zero-order chi connectivity index (χ0) is 24.4. The lowest BCUT2D eigenvalue weighted by Crippen LogP contribution is -2.34. The molecule has 0 aliphatic carbocycles. The van der Waals surface area contributed by atoms with Crippen LogP contribution in [0.4, 0.5) is 10.5 Å². The van der Waals surface area contributed by atoms with E-state index in [4.69, 9.17) is 9.47 Å². The molecule has 33 heavy (non-hydrogen) atoms. The maximum atomic E-state index is 13.2. The third-order valence-corrected chi connectivity index (χ3v) is 8.82. The van der Waals surface area contributed by atoms with E-state index < -0.39 is 48.1 Å². The van der Waals surface area contributed by atoms with Gasteiger partial charge in [-0.2, -0.15) is 0 Å². The Morgan fingerprint density at radius 3 is 2.42 bits per heavy atom. The fraction of sp³-hybridized carbons (Fsp3) is 0.381. The number of alkyl carbamates (subject to hydrolysis) is 1. The van der Waals surface area contributed by atoms with Gasteiger partial charge in [-0.3, -0.25) is 0 Å². The minimum absolute atomic E-state index is 0.0222. The van der Waals surface area contributed by atoms with E-state index in [1.807, 2.05) is 0 Å². The molecule has 0 spiro atoms. The first-order valence-electron chi connectivity index (χ1n) is 9.98. The highest BCUT2D eigenvalue weighted by molar-refractivity contribution is 7.96. The van der Waals surface area contributed by atoms with E-state index in [-0.39, 0.29) is 34.3 Å². The predicted molar refractivity (Wildman–Crippen MR) is 120 cm³/mol. The van der Waals surface area contributed by atoms with Gasteiger partial charge in [0, 0.05) is 5.56 Å². The Labute approximate surface area is 192 Å². The second-order valence-corrected chi connectivity index (χ2v) is 12.5. The summed E-state index contributed by atoms with van der Waals surface area (Å²) >= 11 is 0. The van der Waals surface area contributed by atoms with Crippen molar-refractivity contribution >= 4 is 31.5 Å². The van der Waals surface area contributed by atoms with Crippen molar-refractivity contribution in [2.24, 2.45) is 5.18 Å². The van der Waals surface area contributed by atoms with Gasteiger partial charge in [0.15, 0.2) is 25.4 Å². The number of hydrogen-bond acceptors (Lipinski definition) is 9. The average Bonchev–Trinajstić information content (AvgIpc) is 3.02. The summed E-state index contributed by atoms with van der Waals surface area (Å²) in [6, 6.07) is 9.84. The van der Waals surface area contributed by atoms with Gasteiger partial charge in [-0.05, 0) is 50.2 Å². The van der Waals surface area contributed by atoms with Gasteiger partial charge >= 0.3 is 6.09 Å². The van der Waals surface area contributed by atoms with E-state index in [1.165, 1.54) is 36.4 Å². The van der Waals surface area contributed by atoms with Gasteiger partial charge in [0.2, 0.25) is 0 Å². The Hall–Kier alpha value is -2.99. The Morgan fingerprint density at radius 1 is 1.15 bits per heavy atom. The van der Waals surface area contributed by atoms with E-state index in [1.54, 1.807) is 26.8 Å². The number of nitrogens with zero attached hydrogens (tertiary/aromatic N) is 1. The fourth-order valence-electron chi connectivity index (χ4n) is 3.38. The van der Waals surface area contributed by atoms with E-state index in [0.29, 0.717) is 0 Å². The number of hydrogen-bond donors (Lipinski definition) is 1. The lowest BCUT2D eigenvalue weighted by Gasteiger charge is -2.19. The molecule has 0 saturated carbocycles. The van der Waals surface area contributed by atoms with Crippen LogP contribution in [0.15, 0.2) is 57.4 Å². The van der Waals surface area contributed by atoms with E-state index in [0.717, 1.165) is 0 Å². The zero-order valence-electron chi connectivity index (χ0n) is 18.3. The summed E-state index contributed by atoms with van der Waals surface area (Å²) in [7, 11) is -8.09. The van der Waals surface area contributed by atoms with Crippen LogP contribution in [-0.4, -0.2) is 47.4 Å². The summed E-state index contributed by atoms with van der Waals surface area (Å²) in [6.45, 7) is 5.06. The average molecular weight is 497 g/mol. The molecule has 0 radical (unpaired) electrons. The highest BCUT2D eigenvalue weighted by Crippen LogP contribution is 2.49. The van der Waals surface area contributed by atoms with E-state index in [9.17, 15) is 26.5 Å². The summed E-state index contributed by atoms with van der Waals surface area (Å²) in [6.07, 6.45) is -0.658. The standard InChI is InChI=1S/C21H24N2O8S2/c1-21(2,3)31-20(24)22-11-12-30-15-9-10-16-18(19(15)23-25)17(13-32(16,26)27)33(28,29)14-7-5-4-6-8-14/h4-10,17H,11-13H2,1-3H3,(H,22,24). The highest BCUT2D eigenvalue weighted by Gasteiger charge is 2.45. The first kappa shape index (κ1) is 24.6. The van der Waals surface area contributed by atoms with Crippen LogP contribution >= 0.6 is 0 Å². The number of amides is 1. The molecule has 3 rings (SSSR count). The van der Waals surface area contributed by atoms with Crippen LogP contribution in [0, 0.1) is 4.91 Å². The topological polar surface area (TPSA) is 145 Å². The van der Waals surface area contributed by atoms with Crippen molar-refractivity contribution < 1.29 is 31.1 Å². The smallest absolute Gasteiger partial charge is 0.407 e. The van der Waals surface area contributed by atoms with Crippen LogP contribution in [0.2, 0.25) is 0 Å². The van der Waals surface area contributed by atoms with Crippen LogP contribution in [0.5, 0.6) is 5.75 Å². The number of nitroso groups, excluding NO2 is 1. The van der Waals surface area contributed by atoms with Gasteiger partial charge in [0.1, 0.15) is 23.2 Å². The molecule has 1 atom stereocenters. The largest absolute Gasteiger partial charge is 0.489 e. The molecule has 1 aliphatic heterocycles.